The Morgan fingerprint density at radius 3 is 2.52 bits per heavy atom. The number of carbonyl (C=O) groups is 1. The lowest BCUT2D eigenvalue weighted by Gasteiger charge is -2.38. The van der Waals surface area contributed by atoms with Crippen LogP contribution in [0.2, 0.25) is 0 Å². The molecule has 0 atom stereocenters. The highest BCUT2D eigenvalue weighted by atomic mass is 32.1. The van der Waals surface area contributed by atoms with Crippen LogP contribution in [0.15, 0.2) is 0 Å². The molecule has 6 nitrogen and oxygen atoms in total. The second kappa shape index (κ2) is 5.88. The smallest absolute Gasteiger partial charge is 0.242 e. The van der Waals surface area contributed by atoms with E-state index in [9.17, 15) is 4.79 Å². The SMILES string of the molecule is CCc1nsc(N2CCN(C(=O)C3(N)CCCC3)CC2)n1. The summed E-state index contributed by atoms with van der Waals surface area (Å²) in [4.78, 5) is 21.2. The highest BCUT2D eigenvalue weighted by Gasteiger charge is 2.40. The highest BCUT2D eigenvalue weighted by Crippen LogP contribution is 2.29. The van der Waals surface area contributed by atoms with Crippen molar-refractivity contribution in [3.63, 3.8) is 0 Å². The highest BCUT2D eigenvalue weighted by molar-refractivity contribution is 7.09. The number of piperazine rings is 1. The second-order valence-electron chi connectivity index (χ2n) is 5.99. The maximum Gasteiger partial charge on any atom is 0.242 e. The molecule has 2 aliphatic rings. The monoisotopic (exact) mass is 309 g/mol. The van der Waals surface area contributed by atoms with Gasteiger partial charge in [-0.05, 0) is 12.8 Å². The Morgan fingerprint density at radius 1 is 1.29 bits per heavy atom. The van der Waals surface area contributed by atoms with E-state index < -0.39 is 5.54 Å². The molecular weight excluding hydrogens is 286 g/mol. The molecule has 2 N–H and O–H groups in total. The van der Waals surface area contributed by atoms with E-state index in [1.54, 1.807) is 0 Å². The first-order valence-electron chi connectivity index (χ1n) is 7.78. The van der Waals surface area contributed by atoms with Crippen molar-refractivity contribution in [1.29, 1.82) is 0 Å². The van der Waals surface area contributed by atoms with E-state index in [1.807, 2.05) is 4.90 Å². The molecule has 2 heterocycles. The molecule has 2 fully saturated rings. The first-order valence-corrected chi connectivity index (χ1v) is 8.55. The van der Waals surface area contributed by atoms with E-state index in [1.165, 1.54) is 11.5 Å². The van der Waals surface area contributed by atoms with Crippen LogP contribution in [-0.4, -0.2) is 51.9 Å². The molecule has 0 aromatic carbocycles. The lowest BCUT2D eigenvalue weighted by Crippen LogP contribution is -2.58. The third-order valence-corrected chi connectivity index (χ3v) is 5.35. The number of nitrogens with zero attached hydrogens (tertiary/aromatic N) is 4. The van der Waals surface area contributed by atoms with Crippen LogP contribution in [0.3, 0.4) is 0 Å². The van der Waals surface area contributed by atoms with Crippen LogP contribution in [0.25, 0.3) is 0 Å². The number of rotatable bonds is 3. The molecule has 0 spiro atoms. The molecule has 3 rings (SSSR count). The Morgan fingerprint density at radius 2 is 1.95 bits per heavy atom. The van der Waals surface area contributed by atoms with E-state index in [-0.39, 0.29) is 5.91 Å². The average Bonchev–Trinajstić information content (AvgIpc) is 3.16. The van der Waals surface area contributed by atoms with Gasteiger partial charge in [0.25, 0.3) is 0 Å². The van der Waals surface area contributed by atoms with Crippen molar-refractivity contribution in [3.8, 4) is 0 Å². The van der Waals surface area contributed by atoms with Gasteiger partial charge in [0.1, 0.15) is 5.82 Å². The van der Waals surface area contributed by atoms with Crippen molar-refractivity contribution in [2.24, 2.45) is 5.73 Å². The molecule has 116 valence electrons. The van der Waals surface area contributed by atoms with Gasteiger partial charge >= 0.3 is 0 Å². The summed E-state index contributed by atoms with van der Waals surface area (Å²) in [5.74, 6) is 1.05. The normalized spacial score (nSPS) is 21.8. The summed E-state index contributed by atoms with van der Waals surface area (Å²) in [5.41, 5.74) is 5.68. The summed E-state index contributed by atoms with van der Waals surface area (Å²) >= 11 is 1.45. The number of amides is 1. The summed E-state index contributed by atoms with van der Waals surface area (Å²) in [5, 5.41) is 0.974. The van der Waals surface area contributed by atoms with Gasteiger partial charge in [-0.2, -0.15) is 4.37 Å². The van der Waals surface area contributed by atoms with Crippen molar-refractivity contribution < 1.29 is 4.79 Å². The summed E-state index contributed by atoms with van der Waals surface area (Å²) < 4.78 is 4.33. The lowest BCUT2D eigenvalue weighted by atomic mass is 9.97. The number of hydrogen-bond donors (Lipinski definition) is 1. The zero-order valence-corrected chi connectivity index (χ0v) is 13.4. The topological polar surface area (TPSA) is 75.4 Å². The van der Waals surface area contributed by atoms with Crippen LogP contribution in [0.1, 0.15) is 38.4 Å². The van der Waals surface area contributed by atoms with Gasteiger partial charge in [-0.25, -0.2) is 4.98 Å². The molecule has 0 radical (unpaired) electrons. The minimum atomic E-state index is -0.597. The van der Waals surface area contributed by atoms with Crippen LogP contribution in [0.5, 0.6) is 0 Å². The van der Waals surface area contributed by atoms with E-state index in [4.69, 9.17) is 5.73 Å². The van der Waals surface area contributed by atoms with Crippen LogP contribution in [0, 0.1) is 0 Å². The van der Waals surface area contributed by atoms with E-state index in [0.29, 0.717) is 0 Å². The minimum absolute atomic E-state index is 0.145. The standard InChI is InChI=1S/C14H23N5OS/c1-2-11-16-13(21-17-11)19-9-7-18(8-10-19)12(20)14(15)5-3-4-6-14/h2-10,15H2,1H3. The van der Waals surface area contributed by atoms with Crippen molar-refractivity contribution >= 4 is 22.6 Å². The van der Waals surface area contributed by atoms with Crippen molar-refractivity contribution in [1.82, 2.24) is 14.3 Å². The molecule has 1 amide bonds. The van der Waals surface area contributed by atoms with Gasteiger partial charge in [0, 0.05) is 44.1 Å². The molecule has 0 bridgehead atoms. The molecule has 1 aliphatic heterocycles. The molecule has 1 saturated heterocycles. The molecule has 0 unspecified atom stereocenters. The number of anilines is 1. The third kappa shape index (κ3) is 2.89. The van der Waals surface area contributed by atoms with Gasteiger partial charge in [0.05, 0.1) is 5.54 Å². The predicted molar refractivity (Wildman–Crippen MR) is 83.5 cm³/mol. The first-order chi connectivity index (χ1) is 10.1. The van der Waals surface area contributed by atoms with Gasteiger partial charge < -0.3 is 15.5 Å². The summed E-state index contributed by atoms with van der Waals surface area (Å²) in [6.07, 6.45) is 4.69. The van der Waals surface area contributed by atoms with Crippen LogP contribution in [0.4, 0.5) is 5.13 Å². The zero-order valence-electron chi connectivity index (χ0n) is 12.5. The fourth-order valence-electron chi connectivity index (χ4n) is 3.15. The maximum atomic E-state index is 12.6. The Bertz CT molecular complexity index is 503. The largest absolute Gasteiger partial charge is 0.343 e. The van der Waals surface area contributed by atoms with Gasteiger partial charge in [-0.3, -0.25) is 4.79 Å². The lowest BCUT2D eigenvalue weighted by molar-refractivity contribution is -0.137. The van der Waals surface area contributed by atoms with Gasteiger partial charge in [-0.1, -0.05) is 19.8 Å². The Labute approximate surface area is 129 Å². The van der Waals surface area contributed by atoms with Crippen molar-refractivity contribution in [3.05, 3.63) is 5.82 Å². The predicted octanol–water partition coefficient (Wildman–Crippen LogP) is 1.02. The molecule has 1 saturated carbocycles. The van der Waals surface area contributed by atoms with E-state index >= 15 is 0 Å². The van der Waals surface area contributed by atoms with Crippen molar-refractivity contribution in [2.45, 2.75) is 44.6 Å². The summed E-state index contributed by atoms with van der Waals surface area (Å²) in [6.45, 7) is 5.17. The fraction of sp³-hybridized carbons (Fsp3) is 0.786. The van der Waals surface area contributed by atoms with Gasteiger partial charge in [-0.15, -0.1) is 0 Å². The van der Waals surface area contributed by atoms with Gasteiger partial charge in [0.15, 0.2) is 0 Å². The number of nitrogens with two attached hydrogens (primary N) is 1. The van der Waals surface area contributed by atoms with Crippen molar-refractivity contribution in [2.75, 3.05) is 31.1 Å². The summed E-state index contributed by atoms with van der Waals surface area (Å²) in [7, 11) is 0. The van der Waals surface area contributed by atoms with E-state index in [0.717, 1.165) is 69.2 Å². The maximum absolute atomic E-state index is 12.6. The number of aromatic nitrogens is 2. The van der Waals surface area contributed by atoms with Crippen LogP contribution >= 0.6 is 11.5 Å². The molecular formula is C14H23N5OS. The van der Waals surface area contributed by atoms with Crippen LogP contribution in [-0.2, 0) is 11.2 Å². The zero-order chi connectivity index (χ0) is 14.9. The van der Waals surface area contributed by atoms with Crippen LogP contribution < -0.4 is 10.6 Å². The summed E-state index contributed by atoms with van der Waals surface area (Å²) in [6, 6.07) is 0. The Kier molecular flexibility index (Phi) is 4.12. The number of carbonyl (C=O) groups excluding carboxylic acids is 1. The molecule has 7 heteroatoms. The molecule has 1 aromatic heterocycles. The molecule has 1 aliphatic carbocycles. The third-order valence-electron chi connectivity index (χ3n) is 4.53. The minimum Gasteiger partial charge on any atom is -0.343 e. The molecule has 1 aromatic rings. The number of hydrogen-bond acceptors (Lipinski definition) is 6. The average molecular weight is 309 g/mol. The van der Waals surface area contributed by atoms with Gasteiger partial charge in [0.2, 0.25) is 11.0 Å². The Balaban J connectivity index is 1.58. The second-order valence-corrected chi connectivity index (χ2v) is 6.72. The quantitative estimate of drug-likeness (QED) is 0.902. The first kappa shape index (κ1) is 14.7. The number of aryl methyl sites for hydroxylation is 1. The fourth-order valence-corrected chi connectivity index (χ4v) is 3.95. The van der Waals surface area contributed by atoms with E-state index in [2.05, 4.69) is 21.2 Å². The molecule has 21 heavy (non-hydrogen) atoms. The Hall–Kier alpha value is -1.21.